The lowest BCUT2D eigenvalue weighted by molar-refractivity contribution is 0.144. The van der Waals surface area contributed by atoms with E-state index in [1.807, 2.05) is 0 Å². The predicted molar refractivity (Wildman–Crippen MR) is 74.7 cm³/mol. The fourth-order valence-electron chi connectivity index (χ4n) is 2.64. The largest absolute Gasteiger partial charge is 0.280 e. The maximum absolute atomic E-state index is 13.0. The summed E-state index contributed by atoms with van der Waals surface area (Å²) in [7, 11) is 0. The van der Waals surface area contributed by atoms with Crippen LogP contribution in [-0.4, -0.2) is 9.97 Å². The molecule has 1 aromatic heterocycles. The Bertz CT molecular complexity index is 404. The molecule has 1 saturated carbocycles. The van der Waals surface area contributed by atoms with Gasteiger partial charge in [-0.2, -0.15) is 0 Å². The van der Waals surface area contributed by atoms with Crippen LogP contribution < -0.4 is 0 Å². The van der Waals surface area contributed by atoms with E-state index in [1.165, 1.54) is 19.3 Å². The standard InChI is InChI=1S/C14H19BrF2N2/c15-8-11-9-18-14(19-12(11)13(16)17)10-6-4-2-1-3-5-7-10/h9-10,13H,1-8H2. The van der Waals surface area contributed by atoms with Crippen LogP contribution in [0.4, 0.5) is 8.78 Å². The zero-order chi connectivity index (χ0) is 13.7. The molecule has 0 saturated heterocycles. The molecule has 0 radical (unpaired) electrons. The van der Waals surface area contributed by atoms with E-state index in [4.69, 9.17) is 0 Å². The first-order valence-corrected chi connectivity index (χ1v) is 8.04. The number of nitrogens with zero attached hydrogens (tertiary/aromatic N) is 2. The van der Waals surface area contributed by atoms with E-state index in [-0.39, 0.29) is 11.6 Å². The highest BCUT2D eigenvalue weighted by atomic mass is 79.9. The van der Waals surface area contributed by atoms with Gasteiger partial charge in [0.15, 0.2) is 0 Å². The average molecular weight is 333 g/mol. The maximum atomic E-state index is 13.0. The Morgan fingerprint density at radius 2 is 1.79 bits per heavy atom. The zero-order valence-electron chi connectivity index (χ0n) is 10.9. The third-order valence-electron chi connectivity index (χ3n) is 3.74. The molecule has 0 unspecified atom stereocenters. The normalized spacial score (nSPS) is 18.3. The lowest BCUT2D eigenvalue weighted by Gasteiger charge is -2.19. The predicted octanol–water partition coefficient (Wildman–Crippen LogP) is 5.14. The van der Waals surface area contributed by atoms with Gasteiger partial charge < -0.3 is 0 Å². The number of aromatic nitrogens is 2. The van der Waals surface area contributed by atoms with Gasteiger partial charge in [0.25, 0.3) is 6.43 Å². The molecule has 5 heteroatoms. The van der Waals surface area contributed by atoms with Gasteiger partial charge in [0.1, 0.15) is 11.5 Å². The molecule has 0 spiro atoms. The van der Waals surface area contributed by atoms with Gasteiger partial charge in [-0.3, -0.25) is 0 Å². The van der Waals surface area contributed by atoms with Crippen molar-refractivity contribution < 1.29 is 8.78 Å². The second kappa shape index (κ2) is 7.27. The van der Waals surface area contributed by atoms with Crippen LogP contribution in [-0.2, 0) is 5.33 Å². The van der Waals surface area contributed by atoms with Crippen molar-refractivity contribution in [2.45, 2.75) is 62.6 Å². The third kappa shape index (κ3) is 3.94. The third-order valence-corrected chi connectivity index (χ3v) is 4.34. The minimum Gasteiger partial charge on any atom is -0.241 e. The van der Waals surface area contributed by atoms with Gasteiger partial charge in [0.2, 0.25) is 0 Å². The van der Waals surface area contributed by atoms with E-state index >= 15 is 0 Å². The molecule has 0 amide bonds. The fourth-order valence-corrected chi connectivity index (χ4v) is 3.07. The van der Waals surface area contributed by atoms with E-state index in [1.54, 1.807) is 6.20 Å². The molecule has 0 aromatic carbocycles. The first-order valence-electron chi connectivity index (χ1n) is 6.92. The number of alkyl halides is 3. The molecule has 0 aliphatic heterocycles. The summed E-state index contributed by atoms with van der Waals surface area (Å²) in [6, 6.07) is 0. The molecule has 1 aliphatic rings. The van der Waals surface area contributed by atoms with Crippen molar-refractivity contribution in [3.8, 4) is 0 Å². The lowest BCUT2D eigenvalue weighted by atomic mass is 9.90. The van der Waals surface area contributed by atoms with Crippen LogP contribution >= 0.6 is 15.9 Å². The first kappa shape index (κ1) is 14.8. The summed E-state index contributed by atoms with van der Waals surface area (Å²) < 4.78 is 26.0. The number of hydrogen-bond donors (Lipinski definition) is 0. The molecule has 0 atom stereocenters. The molecular weight excluding hydrogens is 314 g/mol. The van der Waals surface area contributed by atoms with Crippen molar-refractivity contribution >= 4 is 15.9 Å². The molecule has 1 heterocycles. The Balaban J connectivity index is 2.20. The summed E-state index contributed by atoms with van der Waals surface area (Å²) in [5.41, 5.74) is 0.383. The molecule has 106 valence electrons. The van der Waals surface area contributed by atoms with E-state index in [0.717, 1.165) is 25.7 Å². The summed E-state index contributed by atoms with van der Waals surface area (Å²) in [6.07, 6.45) is 7.14. The van der Waals surface area contributed by atoms with Crippen LogP contribution in [0.5, 0.6) is 0 Å². The van der Waals surface area contributed by atoms with Gasteiger partial charge in [0.05, 0.1) is 0 Å². The van der Waals surface area contributed by atoms with Crippen molar-refractivity contribution in [3.05, 3.63) is 23.3 Å². The summed E-state index contributed by atoms with van der Waals surface area (Å²) in [5.74, 6) is 0.865. The Kier molecular flexibility index (Phi) is 5.67. The average Bonchev–Trinajstić information content (AvgIpc) is 2.37. The molecule has 2 rings (SSSR count). The van der Waals surface area contributed by atoms with Crippen LogP contribution in [0.2, 0.25) is 0 Å². The van der Waals surface area contributed by atoms with E-state index in [9.17, 15) is 8.78 Å². The molecule has 0 N–H and O–H groups in total. The Morgan fingerprint density at radius 3 is 2.37 bits per heavy atom. The highest BCUT2D eigenvalue weighted by molar-refractivity contribution is 9.08. The monoisotopic (exact) mass is 332 g/mol. The van der Waals surface area contributed by atoms with Crippen LogP contribution in [0, 0.1) is 0 Å². The first-order chi connectivity index (χ1) is 9.22. The van der Waals surface area contributed by atoms with Gasteiger partial charge in [-0.1, -0.05) is 48.0 Å². The van der Waals surface area contributed by atoms with Crippen molar-refractivity contribution in [2.24, 2.45) is 0 Å². The zero-order valence-corrected chi connectivity index (χ0v) is 12.5. The van der Waals surface area contributed by atoms with Crippen molar-refractivity contribution in [3.63, 3.8) is 0 Å². The summed E-state index contributed by atoms with van der Waals surface area (Å²) in [6.45, 7) is 0. The van der Waals surface area contributed by atoms with Crippen LogP contribution in [0.25, 0.3) is 0 Å². The van der Waals surface area contributed by atoms with E-state index < -0.39 is 6.43 Å². The smallest absolute Gasteiger partial charge is 0.241 e. The number of hydrogen-bond acceptors (Lipinski definition) is 2. The van der Waals surface area contributed by atoms with E-state index in [0.29, 0.717) is 16.7 Å². The minimum absolute atomic E-state index is 0.107. The van der Waals surface area contributed by atoms with Gasteiger partial charge in [-0.15, -0.1) is 0 Å². The van der Waals surface area contributed by atoms with Crippen LogP contribution in [0.1, 0.15) is 74.4 Å². The van der Waals surface area contributed by atoms with Crippen molar-refractivity contribution in [1.82, 2.24) is 9.97 Å². The van der Waals surface area contributed by atoms with Crippen molar-refractivity contribution in [1.29, 1.82) is 0 Å². The summed E-state index contributed by atoms with van der Waals surface area (Å²) in [5, 5.41) is 0.373. The highest BCUT2D eigenvalue weighted by Crippen LogP contribution is 2.31. The fraction of sp³-hybridized carbons (Fsp3) is 0.714. The summed E-state index contributed by atoms with van der Waals surface area (Å²) >= 11 is 3.21. The Hall–Kier alpha value is -0.580. The Labute approximate surface area is 121 Å². The molecule has 2 nitrogen and oxygen atoms in total. The topological polar surface area (TPSA) is 25.8 Å². The number of halogens is 3. The van der Waals surface area contributed by atoms with Crippen LogP contribution in [0.15, 0.2) is 6.20 Å². The molecule has 1 aliphatic carbocycles. The lowest BCUT2D eigenvalue weighted by Crippen LogP contribution is -2.10. The van der Waals surface area contributed by atoms with Gasteiger partial charge in [-0.25, -0.2) is 18.7 Å². The van der Waals surface area contributed by atoms with Gasteiger partial charge in [-0.05, 0) is 12.8 Å². The molecule has 1 aromatic rings. The minimum atomic E-state index is -2.53. The van der Waals surface area contributed by atoms with Gasteiger partial charge in [0, 0.05) is 23.0 Å². The second-order valence-electron chi connectivity index (χ2n) is 5.12. The highest BCUT2D eigenvalue weighted by Gasteiger charge is 2.21. The Morgan fingerprint density at radius 1 is 1.16 bits per heavy atom. The SMILES string of the molecule is FC(F)c1nc(C2CCCCCCC2)ncc1CBr. The van der Waals surface area contributed by atoms with E-state index in [2.05, 4.69) is 25.9 Å². The molecular formula is C14H19BrF2N2. The molecule has 0 bridgehead atoms. The quantitative estimate of drug-likeness (QED) is 0.716. The maximum Gasteiger partial charge on any atom is 0.280 e. The number of rotatable bonds is 3. The van der Waals surface area contributed by atoms with Gasteiger partial charge >= 0.3 is 0 Å². The van der Waals surface area contributed by atoms with Crippen LogP contribution in [0.3, 0.4) is 0 Å². The second-order valence-corrected chi connectivity index (χ2v) is 5.68. The van der Waals surface area contributed by atoms with Crippen molar-refractivity contribution in [2.75, 3.05) is 0 Å². The molecule has 1 fully saturated rings. The summed E-state index contributed by atoms with van der Waals surface area (Å²) in [4.78, 5) is 8.46. The molecule has 19 heavy (non-hydrogen) atoms.